The highest BCUT2D eigenvalue weighted by atomic mass is 35.5. The second kappa shape index (κ2) is 9.62. The van der Waals surface area contributed by atoms with Gasteiger partial charge < -0.3 is 9.30 Å². The van der Waals surface area contributed by atoms with Crippen molar-refractivity contribution >= 4 is 23.7 Å². The second-order valence-electron chi connectivity index (χ2n) is 7.97. The number of nitrogens with zero attached hydrogens (tertiary/aromatic N) is 2. The standard InChI is InChI=1S/C24H24ClN3O3/c1-24(2,3)31-20-11-9-17(10-12-20)15-26-27-22(29)21-8-5-13-28(23(21)30)16-18-6-4-7-19(25)14-18/h4-15H,16H2,1-3H3,(H,27,29)/b26-15-. The summed E-state index contributed by atoms with van der Waals surface area (Å²) < 4.78 is 7.23. The van der Waals surface area contributed by atoms with Crippen molar-refractivity contribution in [2.75, 3.05) is 0 Å². The van der Waals surface area contributed by atoms with Gasteiger partial charge in [0.2, 0.25) is 0 Å². The maximum absolute atomic E-state index is 12.7. The molecule has 3 aromatic rings. The van der Waals surface area contributed by atoms with Crippen molar-refractivity contribution in [1.82, 2.24) is 9.99 Å². The molecule has 1 amide bonds. The Morgan fingerprint density at radius 2 is 1.87 bits per heavy atom. The van der Waals surface area contributed by atoms with Gasteiger partial charge in [-0.05, 0) is 80.4 Å². The first-order valence-electron chi connectivity index (χ1n) is 9.78. The fraction of sp³-hybridized carbons (Fsp3) is 0.208. The third-order valence-corrected chi connectivity index (χ3v) is 4.43. The van der Waals surface area contributed by atoms with Gasteiger partial charge in [0.1, 0.15) is 16.9 Å². The van der Waals surface area contributed by atoms with E-state index in [9.17, 15) is 9.59 Å². The molecule has 2 aromatic carbocycles. The zero-order valence-electron chi connectivity index (χ0n) is 17.6. The molecule has 6 nitrogen and oxygen atoms in total. The summed E-state index contributed by atoms with van der Waals surface area (Å²) in [5, 5.41) is 4.55. The number of hydrogen-bond donors (Lipinski definition) is 1. The van der Waals surface area contributed by atoms with Crippen LogP contribution in [0.2, 0.25) is 5.02 Å². The van der Waals surface area contributed by atoms with E-state index in [0.717, 1.165) is 16.9 Å². The molecule has 0 aliphatic heterocycles. The van der Waals surface area contributed by atoms with Crippen LogP contribution in [-0.4, -0.2) is 22.3 Å². The maximum atomic E-state index is 12.7. The Morgan fingerprint density at radius 3 is 2.55 bits per heavy atom. The Balaban J connectivity index is 1.66. The van der Waals surface area contributed by atoms with Crippen LogP contribution < -0.4 is 15.7 Å². The number of aromatic nitrogens is 1. The number of rotatable bonds is 6. The van der Waals surface area contributed by atoms with Crippen molar-refractivity contribution in [2.45, 2.75) is 32.9 Å². The molecule has 0 atom stereocenters. The molecule has 3 rings (SSSR count). The largest absolute Gasteiger partial charge is 0.488 e. The lowest BCUT2D eigenvalue weighted by Gasteiger charge is -2.21. The lowest BCUT2D eigenvalue weighted by Crippen LogP contribution is -2.30. The minimum absolute atomic E-state index is 0.00982. The average Bonchev–Trinajstić information content (AvgIpc) is 2.70. The Bertz CT molecular complexity index is 1150. The predicted molar refractivity (Wildman–Crippen MR) is 123 cm³/mol. The number of benzene rings is 2. The van der Waals surface area contributed by atoms with E-state index >= 15 is 0 Å². The smallest absolute Gasteiger partial charge is 0.276 e. The molecule has 0 unspecified atom stereocenters. The van der Waals surface area contributed by atoms with Crippen LogP contribution in [0.1, 0.15) is 42.3 Å². The molecule has 0 fully saturated rings. The Kier molecular flexibility index (Phi) is 6.92. The van der Waals surface area contributed by atoms with Gasteiger partial charge in [0.05, 0.1) is 12.8 Å². The highest BCUT2D eigenvalue weighted by Crippen LogP contribution is 2.18. The molecular weight excluding hydrogens is 414 g/mol. The molecule has 0 saturated carbocycles. The van der Waals surface area contributed by atoms with Crippen molar-refractivity contribution in [3.63, 3.8) is 0 Å². The summed E-state index contributed by atoms with van der Waals surface area (Å²) in [6, 6.07) is 17.7. The number of ether oxygens (including phenoxy) is 1. The summed E-state index contributed by atoms with van der Waals surface area (Å²) in [4.78, 5) is 25.1. The van der Waals surface area contributed by atoms with Crippen LogP contribution in [0.5, 0.6) is 5.75 Å². The van der Waals surface area contributed by atoms with Crippen LogP contribution in [0.15, 0.2) is 76.8 Å². The number of nitrogens with one attached hydrogen (secondary N) is 1. The molecule has 1 N–H and O–H groups in total. The summed E-state index contributed by atoms with van der Waals surface area (Å²) in [6.45, 7) is 6.24. The first kappa shape index (κ1) is 22.3. The van der Waals surface area contributed by atoms with E-state index in [2.05, 4.69) is 10.5 Å². The summed E-state index contributed by atoms with van der Waals surface area (Å²) in [5.74, 6) is 0.174. The number of pyridine rings is 1. The van der Waals surface area contributed by atoms with E-state index in [0.29, 0.717) is 11.6 Å². The highest BCUT2D eigenvalue weighted by Gasteiger charge is 2.12. The van der Waals surface area contributed by atoms with Gasteiger partial charge in [-0.2, -0.15) is 5.10 Å². The molecule has 1 heterocycles. The van der Waals surface area contributed by atoms with Crippen LogP contribution in [0.3, 0.4) is 0 Å². The normalized spacial score (nSPS) is 11.5. The second-order valence-corrected chi connectivity index (χ2v) is 8.40. The van der Waals surface area contributed by atoms with E-state index in [-0.39, 0.29) is 11.2 Å². The van der Waals surface area contributed by atoms with Gasteiger partial charge >= 0.3 is 0 Å². The summed E-state index contributed by atoms with van der Waals surface area (Å²) in [5.41, 5.74) is 3.38. The van der Waals surface area contributed by atoms with Crippen molar-refractivity contribution in [3.8, 4) is 5.75 Å². The summed E-state index contributed by atoms with van der Waals surface area (Å²) in [6.07, 6.45) is 3.14. The molecule has 0 aliphatic rings. The summed E-state index contributed by atoms with van der Waals surface area (Å²) >= 11 is 6.00. The van der Waals surface area contributed by atoms with Crippen molar-refractivity contribution in [1.29, 1.82) is 0 Å². The molecule has 7 heteroatoms. The fourth-order valence-corrected chi connectivity index (χ4v) is 3.08. The van der Waals surface area contributed by atoms with Gasteiger partial charge in [-0.15, -0.1) is 0 Å². The van der Waals surface area contributed by atoms with E-state index in [1.54, 1.807) is 24.4 Å². The van der Waals surface area contributed by atoms with E-state index in [1.807, 2.05) is 57.2 Å². The first-order valence-corrected chi connectivity index (χ1v) is 10.2. The Hall–Kier alpha value is -3.38. The van der Waals surface area contributed by atoms with Gasteiger partial charge in [-0.3, -0.25) is 9.59 Å². The molecule has 160 valence electrons. The Labute approximate surface area is 186 Å². The lowest BCUT2D eigenvalue weighted by atomic mass is 10.2. The number of hydrazone groups is 1. The maximum Gasteiger partial charge on any atom is 0.276 e. The van der Waals surface area contributed by atoms with Crippen LogP contribution in [-0.2, 0) is 6.54 Å². The molecule has 1 aromatic heterocycles. The molecule has 0 spiro atoms. The predicted octanol–water partition coefficient (Wildman–Crippen LogP) is 4.49. The van der Waals surface area contributed by atoms with Gasteiger partial charge in [0.15, 0.2) is 0 Å². The quantitative estimate of drug-likeness (QED) is 0.456. The van der Waals surface area contributed by atoms with Crippen LogP contribution in [0, 0.1) is 0 Å². The zero-order valence-corrected chi connectivity index (χ0v) is 18.4. The summed E-state index contributed by atoms with van der Waals surface area (Å²) in [7, 11) is 0. The van der Waals surface area contributed by atoms with E-state index in [1.165, 1.54) is 16.8 Å². The fourth-order valence-electron chi connectivity index (χ4n) is 2.87. The van der Waals surface area contributed by atoms with Crippen molar-refractivity contribution in [3.05, 3.63) is 98.9 Å². The molecule has 0 aliphatic carbocycles. The monoisotopic (exact) mass is 437 g/mol. The SMILES string of the molecule is CC(C)(C)Oc1ccc(/C=N\NC(=O)c2cccn(Cc3cccc(Cl)c3)c2=O)cc1. The highest BCUT2D eigenvalue weighted by molar-refractivity contribution is 6.30. The van der Waals surface area contributed by atoms with Gasteiger partial charge in [0, 0.05) is 11.2 Å². The van der Waals surface area contributed by atoms with Gasteiger partial charge in [-0.1, -0.05) is 23.7 Å². The average molecular weight is 438 g/mol. The number of halogens is 1. The molecular formula is C24H24ClN3O3. The lowest BCUT2D eigenvalue weighted by molar-refractivity contribution is 0.0953. The van der Waals surface area contributed by atoms with E-state index in [4.69, 9.17) is 16.3 Å². The number of carbonyl (C=O) groups is 1. The topological polar surface area (TPSA) is 72.7 Å². The first-order chi connectivity index (χ1) is 14.7. The number of hydrogen-bond acceptors (Lipinski definition) is 4. The Morgan fingerprint density at radius 1 is 1.13 bits per heavy atom. The van der Waals surface area contributed by atoms with Crippen LogP contribution >= 0.6 is 11.6 Å². The van der Waals surface area contributed by atoms with Gasteiger partial charge in [0.25, 0.3) is 11.5 Å². The van der Waals surface area contributed by atoms with Crippen LogP contribution in [0.4, 0.5) is 0 Å². The third kappa shape index (κ3) is 6.55. The number of amides is 1. The van der Waals surface area contributed by atoms with Crippen molar-refractivity contribution < 1.29 is 9.53 Å². The molecule has 0 radical (unpaired) electrons. The molecule has 0 saturated heterocycles. The zero-order chi connectivity index (χ0) is 22.4. The minimum Gasteiger partial charge on any atom is -0.488 e. The van der Waals surface area contributed by atoms with E-state index < -0.39 is 11.5 Å². The molecule has 0 bridgehead atoms. The van der Waals surface area contributed by atoms with Gasteiger partial charge in [-0.25, -0.2) is 5.43 Å². The minimum atomic E-state index is -0.575. The van der Waals surface area contributed by atoms with Crippen LogP contribution in [0.25, 0.3) is 0 Å². The molecule has 31 heavy (non-hydrogen) atoms. The third-order valence-electron chi connectivity index (χ3n) is 4.19. The number of carbonyl (C=O) groups excluding carboxylic acids is 1. The van der Waals surface area contributed by atoms with Crippen molar-refractivity contribution in [2.24, 2.45) is 5.10 Å².